The summed E-state index contributed by atoms with van der Waals surface area (Å²) in [6.07, 6.45) is 10.8. The van der Waals surface area contributed by atoms with Crippen molar-refractivity contribution in [3.8, 4) is 0 Å². The number of halogens is 1. The van der Waals surface area contributed by atoms with Crippen LogP contribution in [0.2, 0.25) is 0 Å². The lowest BCUT2D eigenvalue weighted by Gasteiger charge is -2.36. The molecule has 2 fully saturated rings. The molecule has 0 aromatic carbocycles. The maximum Gasteiger partial charge on any atom is 0.194 e. The second kappa shape index (κ2) is 12.1. The molecule has 2 atom stereocenters. The van der Waals surface area contributed by atoms with Gasteiger partial charge in [-0.25, -0.2) is 0 Å². The summed E-state index contributed by atoms with van der Waals surface area (Å²) in [7, 11) is 6.35. The molecule has 3 rings (SSSR count). The van der Waals surface area contributed by atoms with Crippen molar-refractivity contribution in [2.75, 3.05) is 46.9 Å². The number of hydrogen-bond acceptors (Lipinski definition) is 4. The van der Waals surface area contributed by atoms with Gasteiger partial charge in [-0.1, -0.05) is 19.3 Å². The molecule has 1 N–H and O–H groups in total. The minimum atomic E-state index is 0. The van der Waals surface area contributed by atoms with Gasteiger partial charge in [0.15, 0.2) is 5.96 Å². The minimum Gasteiger partial charge on any atom is -0.370 e. The van der Waals surface area contributed by atoms with Crippen LogP contribution < -0.4 is 5.32 Å². The first-order valence-corrected chi connectivity index (χ1v) is 10.9. The summed E-state index contributed by atoms with van der Waals surface area (Å²) < 4.78 is 7.84. The Morgan fingerprint density at radius 2 is 2.10 bits per heavy atom. The number of morpholine rings is 1. The molecule has 0 radical (unpaired) electrons. The Kier molecular flexibility index (Phi) is 10.2. The van der Waals surface area contributed by atoms with E-state index in [2.05, 4.69) is 41.2 Å². The Balaban J connectivity index is 0.00000300. The first kappa shape index (κ1) is 24.4. The Bertz CT molecular complexity index is 628. The van der Waals surface area contributed by atoms with Gasteiger partial charge in [-0.3, -0.25) is 9.67 Å². The highest BCUT2D eigenvalue weighted by molar-refractivity contribution is 14.0. The molecule has 8 heteroatoms. The van der Waals surface area contributed by atoms with E-state index in [0.717, 1.165) is 43.6 Å². The maximum absolute atomic E-state index is 6.01. The van der Waals surface area contributed by atoms with Gasteiger partial charge in [-0.05, 0) is 39.8 Å². The Morgan fingerprint density at radius 3 is 2.72 bits per heavy atom. The summed E-state index contributed by atoms with van der Waals surface area (Å²) in [5.74, 6) is 1.78. The number of rotatable bonds is 6. The van der Waals surface area contributed by atoms with Crippen LogP contribution in [0, 0.1) is 5.92 Å². The van der Waals surface area contributed by atoms with E-state index in [4.69, 9.17) is 9.73 Å². The number of likely N-dealkylation sites (N-methyl/N-ethyl adjacent to an activating group) is 1. The lowest BCUT2D eigenvalue weighted by molar-refractivity contribution is -0.00810. The molecule has 1 saturated heterocycles. The van der Waals surface area contributed by atoms with Crippen molar-refractivity contribution >= 4 is 29.9 Å². The summed E-state index contributed by atoms with van der Waals surface area (Å²) in [5, 5.41) is 7.80. The third-order valence-electron chi connectivity index (χ3n) is 6.08. The van der Waals surface area contributed by atoms with Crippen LogP contribution in [0.25, 0.3) is 0 Å². The van der Waals surface area contributed by atoms with Gasteiger partial charge in [0.2, 0.25) is 0 Å². The summed E-state index contributed by atoms with van der Waals surface area (Å²) in [6, 6.07) is 0.518. The standard InChI is InChI=1S/C21H38N6O.HI/c1-5-22-21(23-14-19(25(2)3)17-9-7-6-8-10-17)27-11-12-28-20(16-27)18-13-24-26(4)15-18;/h13,15,17,19-20H,5-12,14,16H2,1-4H3,(H,22,23);1H. The van der Waals surface area contributed by atoms with Gasteiger partial charge in [0, 0.05) is 37.9 Å². The molecular weight excluding hydrogens is 479 g/mol. The van der Waals surface area contributed by atoms with Crippen LogP contribution in [0.3, 0.4) is 0 Å². The van der Waals surface area contributed by atoms with Gasteiger partial charge in [-0.2, -0.15) is 5.10 Å². The van der Waals surface area contributed by atoms with E-state index in [9.17, 15) is 0 Å². The van der Waals surface area contributed by atoms with Crippen molar-refractivity contribution in [1.29, 1.82) is 0 Å². The molecule has 0 amide bonds. The van der Waals surface area contributed by atoms with Gasteiger partial charge in [0.25, 0.3) is 0 Å². The van der Waals surface area contributed by atoms with Crippen molar-refractivity contribution in [2.24, 2.45) is 18.0 Å². The summed E-state index contributed by atoms with van der Waals surface area (Å²) in [5.41, 5.74) is 1.14. The molecule has 166 valence electrons. The second-order valence-corrected chi connectivity index (χ2v) is 8.38. The van der Waals surface area contributed by atoms with Gasteiger partial charge in [0.1, 0.15) is 6.10 Å². The third kappa shape index (κ3) is 6.82. The normalized spacial score (nSPS) is 22.4. The van der Waals surface area contributed by atoms with E-state index in [1.165, 1.54) is 32.1 Å². The summed E-state index contributed by atoms with van der Waals surface area (Å²) in [6.45, 7) is 6.27. The Hall–Kier alpha value is -0.870. The van der Waals surface area contributed by atoms with Crippen molar-refractivity contribution in [3.63, 3.8) is 0 Å². The van der Waals surface area contributed by atoms with E-state index >= 15 is 0 Å². The zero-order chi connectivity index (χ0) is 19.9. The zero-order valence-electron chi connectivity index (χ0n) is 18.5. The van der Waals surface area contributed by atoms with Crippen molar-refractivity contribution < 1.29 is 4.74 Å². The molecule has 2 unspecified atom stereocenters. The van der Waals surface area contributed by atoms with Crippen LogP contribution >= 0.6 is 24.0 Å². The van der Waals surface area contributed by atoms with E-state index in [-0.39, 0.29) is 30.1 Å². The predicted octanol–water partition coefficient (Wildman–Crippen LogP) is 2.89. The molecule has 1 aromatic heterocycles. The largest absolute Gasteiger partial charge is 0.370 e. The molecule has 29 heavy (non-hydrogen) atoms. The SMILES string of the molecule is CCNC(=NCC(C1CCCCC1)N(C)C)N1CCOC(c2cnn(C)c2)C1.I. The fraction of sp³-hybridized carbons (Fsp3) is 0.810. The average Bonchev–Trinajstić information content (AvgIpc) is 3.14. The number of ether oxygens (including phenoxy) is 1. The zero-order valence-corrected chi connectivity index (χ0v) is 20.8. The van der Waals surface area contributed by atoms with Crippen LogP contribution in [0.4, 0.5) is 0 Å². The number of hydrogen-bond donors (Lipinski definition) is 1. The van der Waals surface area contributed by atoms with Gasteiger partial charge in [-0.15, -0.1) is 24.0 Å². The van der Waals surface area contributed by atoms with E-state index < -0.39 is 0 Å². The second-order valence-electron chi connectivity index (χ2n) is 8.38. The molecule has 1 aliphatic carbocycles. The monoisotopic (exact) mass is 518 g/mol. The van der Waals surface area contributed by atoms with E-state index in [0.29, 0.717) is 12.6 Å². The van der Waals surface area contributed by atoms with Crippen LogP contribution in [-0.2, 0) is 11.8 Å². The fourth-order valence-electron chi connectivity index (χ4n) is 4.51. The van der Waals surface area contributed by atoms with Crippen molar-refractivity contribution in [3.05, 3.63) is 18.0 Å². The van der Waals surface area contributed by atoms with Gasteiger partial charge in [0.05, 0.1) is 25.9 Å². The maximum atomic E-state index is 6.01. The van der Waals surface area contributed by atoms with Crippen LogP contribution in [0.1, 0.15) is 50.7 Å². The number of guanidine groups is 1. The number of aryl methyl sites for hydroxylation is 1. The van der Waals surface area contributed by atoms with Crippen LogP contribution in [0.5, 0.6) is 0 Å². The average molecular weight is 518 g/mol. The first-order chi connectivity index (χ1) is 13.6. The highest BCUT2D eigenvalue weighted by Gasteiger charge is 2.27. The molecule has 7 nitrogen and oxygen atoms in total. The van der Waals surface area contributed by atoms with Crippen LogP contribution in [0.15, 0.2) is 17.4 Å². The van der Waals surface area contributed by atoms with E-state index in [1.807, 2.05) is 24.1 Å². The smallest absolute Gasteiger partial charge is 0.194 e. The third-order valence-corrected chi connectivity index (χ3v) is 6.08. The molecule has 0 spiro atoms. The number of aliphatic imine (C=N–C) groups is 1. The van der Waals surface area contributed by atoms with Gasteiger partial charge < -0.3 is 19.9 Å². The van der Waals surface area contributed by atoms with E-state index in [1.54, 1.807) is 0 Å². The topological polar surface area (TPSA) is 57.9 Å². The number of aromatic nitrogens is 2. The highest BCUT2D eigenvalue weighted by atomic mass is 127. The molecule has 1 aliphatic heterocycles. The van der Waals surface area contributed by atoms with Crippen LogP contribution in [-0.4, -0.2) is 78.5 Å². The lowest BCUT2D eigenvalue weighted by Crippen LogP contribution is -2.49. The minimum absolute atomic E-state index is 0. The molecule has 2 aliphatic rings. The molecular formula is C21H39IN6O. The molecule has 1 saturated carbocycles. The molecule has 2 heterocycles. The fourth-order valence-corrected chi connectivity index (χ4v) is 4.51. The van der Waals surface area contributed by atoms with Gasteiger partial charge >= 0.3 is 0 Å². The number of nitrogens with one attached hydrogen (secondary N) is 1. The number of nitrogens with zero attached hydrogens (tertiary/aromatic N) is 5. The van der Waals surface area contributed by atoms with Crippen molar-refractivity contribution in [1.82, 2.24) is 24.9 Å². The quantitative estimate of drug-likeness (QED) is 0.357. The van der Waals surface area contributed by atoms with Crippen molar-refractivity contribution in [2.45, 2.75) is 51.2 Å². The lowest BCUT2D eigenvalue weighted by atomic mass is 9.83. The Labute approximate surface area is 193 Å². The summed E-state index contributed by atoms with van der Waals surface area (Å²) >= 11 is 0. The highest BCUT2D eigenvalue weighted by Crippen LogP contribution is 2.28. The predicted molar refractivity (Wildman–Crippen MR) is 129 cm³/mol. The molecule has 0 bridgehead atoms. The molecule has 1 aromatic rings. The first-order valence-electron chi connectivity index (χ1n) is 10.9. The Morgan fingerprint density at radius 1 is 1.34 bits per heavy atom. The summed E-state index contributed by atoms with van der Waals surface area (Å²) in [4.78, 5) is 9.80.